The van der Waals surface area contributed by atoms with Crippen LogP contribution in [0.2, 0.25) is 0 Å². The van der Waals surface area contributed by atoms with Crippen molar-refractivity contribution in [3.05, 3.63) is 41.7 Å². The molecular formula is C21H27N7O4. The van der Waals surface area contributed by atoms with Crippen LogP contribution in [0.3, 0.4) is 0 Å². The van der Waals surface area contributed by atoms with E-state index in [2.05, 4.69) is 22.0 Å². The SMILES string of the molecule is C=CC(=O)N(C)C1CCC(n2cc(Nc3cn(C)nc3OC)c3ncc(OC)n3c2=O)C1. The number of hydrogen-bond acceptors (Lipinski definition) is 7. The lowest BCUT2D eigenvalue weighted by Crippen LogP contribution is -2.35. The topological polar surface area (TPSA) is 108 Å². The molecule has 0 saturated heterocycles. The van der Waals surface area contributed by atoms with Crippen molar-refractivity contribution in [2.75, 3.05) is 26.6 Å². The molecule has 2 unspecified atom stereocenters. The van der Waals surface area contributed by atoms with Gasteiger partial charge in [-0.2, -0.15) is 0 Å². The first-order valence-corrected chi connectivity index (χ1v) is 10.3. The number of anilines is 2. The van der Waals surface area contributed by atoms with Crippen LogP contribution in [-0.4, -0.2) is 61.8 Å². The summed E-state index contributed by atoms with van der Waals surface area (Å²) in [5, 5.41) is 7.56. The standard InChI is InChI=1S/C21H27N7O4/c1-6-17(29)26(3)13-7-8-14(9-13)27-12-15(23-16-11-25(2)24-20(16)32-5)19-22-10-18(31-4)28(19)21(27)30/h6,10-14,23H,1,7-9H2,2-5H3. The number of aromatic nitrogens is 5. The number of aryl methyl sites for hydroxylation is 1. The number of nitrogens with zero attached hydrogens (tertiary/aromatic N) is 6. The molecule has 1 amide bonds. The van der Waals surface area contributed by atoms with E-state index in [1.54, 1.807) is 47.7 Å². The number of carbonyl (C=O) groups is 1. The number of ether oxygens (including phenoxy) is 2. The summed E-state index contributed by atoms with van der Waals surface area (Å²) < 4.78 is 15.5. The molecule has 0 bridgehead atoms. The summed E-state index contributed by atoms with van der Waals surface area (Å²) in [6.45, 7) is 3.56. The molecule has 3 aromatic heterocycles. The van der Waals surface area contributed by atoms with Gasteiger partial charge in [-0.3, -0.25) is 14.0 Å². The number of carbonyl (C=O) groups excluding carboxylic acids is 1. The Balaban J connectivity index is 1.76. The van der Waals surface area contributed by atoms with Gasteiger partial charge in [0, 0.05) is 32.4 Å². The van der Waals surface area contributed by atoms with Gasteiger partial charge in [0.1, 0.15) is 5.69 Å². The number of fused-ring (bicyclic) bond motifs is 1. The summed E-state index contributed by atoms with van der Waals surface area (Å²) in [6.07, 6.45) is 8.59. The molecule has 4 rings (SSSR count). The fourth-order valence-corrected chi connectivity index (χ4v) is 4.28. The molecule has 170 valence electrons. The van der Waals surface area contributed by atoms with Crippen molar-refractivity contribution in [3.63, 3.8) is 0 Å². The van der Waals surface area contributed by atoms with Crippen LogP contribution in [0, 0.1) is 0 Å². The number of likely N-dealkylation sites (N-methyl/N-ethyl adjacent to an activating group) is 1. The van der Waals surface area contributed by atoms with Gasteiger partial charge in [0.05, 0.1) is 32.3 Å². The lowest BCUT2D eigenvalue weighted by Gasteiger charge is -2.24. The first-order valence-electron chi connectivity index (χ1n) is 10.3. The van der Waals surface area contributed by atoms with Crippen LogP contribution in [0.25, 0.3) is 5.65 Å². The first-order chi connectivity index (χ1) is 15.4. The number of hydrogen-bond donors (Lipinski definition) is 1. The van der Waals surface area contributed by atoms with Gasteiger partial charge in [-0.05, 0) is 25.3 Å². The molecule has 0 aromatic carbocycles. The maximum Gasteiger partial charge on any atom is 0.337 e. The van der Waals surface area contributed by atoms with Gasteiger partial charge < -0.3 is 19.7 Å². The molecule has 1 N–H and O–H groups in total. The average molecular weight is 441 g/mol. The highest BCUT2D eigenvalue weighted by molar-refractivity contribution is 5.87. The van der Waals surface area contributed by atoms with Crippen molar-refractivity contribution in [2.45, 2.75) is 31.3 Å². The molecule has 1 aliphatic carbocycles. The average Bonchev–Trinajstić information content (AvgIpc) is 3.52. The highest BCUT2D eigenvalue weighted by Gasteiger charge is 2.32. The predicted molar refractivity (Wildman–Crippen MR) is 119 cm³/mol. The number of nitrogens with one attached hydrogen (secondary N) is 1. The second kappa shape index (κ2) is 8.40. The highest BCUT2D eigenvalue weighted by atomic mass is 16.5. The third kappa shape index (κ3) is 3.59. The summed E-state index contributed by atoms with van der Waals surface area (Å²) in [5.74, 6) is 0.641. The number of imidazole rings is 1. The van der Waals surface area contributed by atoms with Crippen molar-refractivity contribution in [1.29, 1.82) is 0 Å². The molecule has 2 atom stereocenters. The molecule has 1 aliphatic rings. The smallest absolute Gasteiger partial charge is 0.337 e. The fourth-order valence-electron chi connectivity index (χ4n) is 4.28. The lowest BCUT2D eigenvalue weighted by molar-refractivity contribution is -0.126. The molecular weight excluding hydrogens is 414 g/mol. The number of rotatable bonds is 7. The maximum absolute atomic E-state index is 13.4. The monoisotopic (exact) mass is 441 g/mol. The zero-order chi connectivity index (χ0) is 23.0. The third-order valence-corrected chi connectivity index (χ3v) is 5.96. The van der Waals surface area contributed by atoms with E-state index in [9.17, 15) is 9.59 Å². The highest BCUT2D eigenvalue weighted by Crippen LogP contribution is 2.34. The Hall–Kier alpha value is -3.76. The molecule has 0 spiro atoms. The zero-order valence-electron chi connectivity index (χ0n) is 18.6. The molecule has 0 radical (unpaired) electrons. The van der Waals surface area contributed by atoms with Crippen LogP contribution in [0.5, 0.6) is 11.8 Å². The van der Waals surface area contributed by atoms with E-state index in [-0.39, 0.29) is 23.7 Å². The van der Waals surface area contributed by atoms with Crippen molar-refractivity contribution < 1.29 is 14.3 Å². The van der Waals surface area contributed by atoms with Gasteiger partial charge in [-0.1, -0.05) is 6.58 Å². The molecule has 11 heteroatoms. The Morgan fingerprint density at radius 1 is 1.28 bits per heavy atom. The molecule has 3 heterocycles. The molecule has 11 nitrogen and oxygen atoms in total. The zero-order valence-corrected chi connectivity index (χ0v) is 18.6. The summed E-state index contributed by atoms with van der Waals surface area (Å²) in [4.78, 5) is 31.5. The van der Waals surface area contributed by atoms with E-state index in [0.29, 0.717) is 35.2 Å². The van der Waals surface area contributed by atoms with Crippen LogP contribution in [-0.2, 0) is 11.8 Å². The number of methoxy groups -OCH3 is 2. The molecule has 0 aliphatic heterocycles. The van der Waals surface area contributed by atoms with E-state index in [1.807, 2.05) is 0 Å². The minimum atomic E-state index is -0.249. The Labute approximate surface area is 184 Å². The quantitative estimate of drug-likeness (QED) is 0.556. The summed E-state index contributed by atoms with van der Waals surface area (Å²) in [5.41, 5.74) is 1.44. The lowest BCUT2D eigenvalue weighted by atomic mass is 10.2. The second-order valence-electron chi connectivity index (χ2n) is 7.82. The van der Waals surface area contributed by atoms with Crippen LogP contribution in [0.4, 0.5) is 11.4 Å². The Bertz CT molecular complexity index is 1220. The van der Waals surface area contributed by atoms with Crippen molar-refractivity contribution in [3.8, 4) is 11.8 Å². The normalized spacial score (nSPS) is 18.0. The van der Waals surface area contributed by atoms with E-state index in [0.717, 1.165) is 12.8 Å². The van der Waals surface area contributed by atoms with E-state index >= 15 is 0 Å². The minimum Gasteiger partial charge on any atom is -0.481 e. The Morgan fingerprint density at radius 3 is 2.75 bits per heavy atom. The molecule has 32 heavy (non-hydrogen) atoms. The molecule has 1 saturated carbocycles. The first kappa shape index (κ1) is 21.5. The largest absolute Gasteiger partial charge is 0.481 e. The van der Waals surface area contributed by atoms with Gasteiger partial charge in [-0.25, -0.2) is 14.2 Å². The van der Waals surface area contributed by atoms with Crippen LogP contribution < -0.4 is 20.5 Å². The minimum absolute atomic E-state index is 0.0348. The molecule has 3 aromatic rings. The van der Waals surface area contributed by atoms with Gasteiger partial charge in [-0.15, -0.1) is 5.10 Å². The Kier molecular flexibility index (Phi) is 5.64. The van der Waals surface area contributed by atoms with Crippen LogP contribution in [0.1, 0.15) is 25.3 Å². The van der Waals surface area contributed by atoms with Crippen molar-refractivity contribution in [1.82, 2.24) is 28.6 Å². The number of amides is 1. The van der Waals surface area contributed by atoms with Crippen molar-refractivity contribution in [2.24, 2.45) is 7.05 Å². The summed E-state index contributed by atoms with van der Waals surface area (Å²) in [7, 11) is 6.60. The van der Waals surface area contributed by atoms with E-state index in [1.165, 1.54) is 23.8 Å². The summed E-state index contributed by atoms with van der Waals surface area (Å²) in [6, 6.07) is -0.0481. The summed E-state index contributed by atoms with van der Waals surface area (Å²) >= 11 is 0. The third-order valence-electron chi connectivity index (χ3n) is 5.96. The fraction of sp³-hybridized carbons (Fsp3) is 0.429. The Morgan fingerprint density at radius 2 is 2.06 bits per heavy atom. The van der Waals surface area contributed by atoms with E-state index < -0.39 is 0 Å². The van der Waals surface area contributed by atoms with Gasteiger partial charge in [0.2, 0.25) is 11.8 Å². The van der Waals surface area contributed by atoms with Gasteiger partial charge in [0.15, 0.2) is 5.65 Å². The van der Waals surface area contributed by atoms with Crippen molar-refractivity contribution >= 4 is 22.9 Å². The van der Waals surface area contributed by atoms with Crippen LogP contribution in [0.15, 0.2) is 36.0 Å². The predicted octanol–water partition coefficient (Wildman–Crippen LogP) is 1.73. The van der Waals surface area contributed by atoms with Gasteiger partial charge in [0.25, 0.3) is 5.88 Å². The maximum atomic E-state index is 13.4. The van der Waals surface area contributed by atoms with Gasteiger partial charge >= 0.3 is 5.69 Å². The van der Waals surface area contributed by atoms with E-state index in [4.69, 9.17) is 9.47 Å². The second-order valence-corrected chi connectivity index (χ2v) is 7.82. The molecule has 1 fully saturated rings. The van der Waals surface area contributed by atoms with Crippen LogP contribution >= 0.6 is 0 Å².